The predicted octanol–water partition coefficient (Wildman–Crippen LogP) is 2.25. The van der Waals surface area contributed by atoms with Crippen LogP contribution in [0.4, 0.5) is 4.39 Å². The third-order valence-corrected chi connectivity index (χ3v) is 7.72. The molecular formula is C20H29ClFN3O4S. The van der Waals surface area contributed by atoms with Gasteiger partial charge in [-0.15, -0.1) is 0 Å². The van der Waals surface area contributed by atoms with Crippen LogP contribution in [0.2, 0.25) is 5.02 Å². The molecule has 0 aromatic heterocycles. The number of carbonyl (C=O) groups excluding carboxylic acids is 1. The second kappa shape index (κ2) is 10.4. The van der Waals surface area contributed by atoms with Gasteiger partial charge in [-0.2, -0.15) is 0 Å². The van der Waals surface area contributed by atoms with Crippen LogP contribution in [0.15, 0.2) is 23.1 Å². The van der Waals surface area contributed by atoms with E-state index in [2.05, 4.69) is 9.62 Å². The number of nitrogens with one attached hydrogen (secondary N) is 1. The zero-order chi connectivity index (χ0) is 21.7. The Labute approximate surface area is 182 Å². The van der Waals surface area contributed by atoms with Crippen molar-refractivity contribution in [3.8, 4) is 0 Å². The van der Waals surface area contributed by atoms with E-state index in [1.54, 1.807) is 7.11 Å². The largest absolute Gasteiger partial charge is 0.381 e. The first-order valence-corrected chi connectivity index (χ1v) is 12.2. The smallest absolute Gasteiger partial charge is 0.240 e. The van der Waals surface area contributed by atoms with Crippen molar-refractivity contribution < 1.29 is 22.3 Å². The average molecular weight is 462 g/mol. The highest BCUT2D eigenvalue weighted by Crippen LogP contribution is 2.23. The summed E-state index contributed by atoms with van der Waals surface area (Å²) in [6.45, 7) is 3.43. The molecule has 2 aliphatic heterocycles. The van der Waals surface area contributed by atoms with Gasteiger partial charge in [0.25, 0.3) is 0 Å². The quantitative estimate of drug-likeness (QED) is 0.673. The molecule has 0 radical (unpaired) electrons. The summed E-state index contributed by atoms with van der Waals surface area (Å²) in [7, 11) is -2.08. The normalized spacial score (nSPS) is 19.9. The fraction of sp³-hybridized carbons (Fsp3) is 0.650. The van der Waals surface area contributed by atoms with E-state index in [4.69, 9.17) is 16.3 Å². The molecule has 7 nitrogen and oxygen atoms in total. The number of ether oxygens (including phenoxy) is 1. The maximum atomic E-state index is 13.2. The van der Waals surface area contributed by atoms with E-state index in [-0.39, 0.29) is 28.8 Å². The molecule has 0 bridgehead atoms. The summed E-state index contributed by atoms with van der Waals surface area (Å²) in [6, 6.07) is 3.70. The van der Waals surface area contributed by atoms with Crippen LogP contribution in [-0.4, -0.2) is 76.1 Å². The van der Waals surface area contributed by atoms with Crippen LogP contribution in [0.25, 0.3) is 0 Å². The van der Waals surface area contributed by atoms with Crippen molar-refractivity contribution in [1.82, 2.24) is 14.5 Å². The van der Waals surface area contributed by atoms with Gasteiger partial charge in [0.1, 0.15) is 5.82 Å². The molecule has 1 aromatic rings. The zero-order valence-electron chi connectivity index (χ0n) is 17.1. The summed E-state index contributed by atoms with van der Waals surface area (Å²) < 4.78 is 45.6. The van der Waals surface area contributed by atoms with Crippen LogP contribution in [0.5, 0.6) is 0 Å². The minimum atomic E-state index is -3.84. The Bertz CT molecular complexity index is 838. The number of nitrogens with zero attached hydrogens (tertiary/aromatic N) is 2. The first-order chi connectivity index (χ1) is 14.3. The number of benzene rings is 1. The molecule has 2 fully saturated rings. The maximum Gasteiger partial charge on any atom is 0.240 e. The van der Waals surface area contributed by atoms with Crippen molar-refractivity contribution in [2.24, 2.45) is 0 Å². The second-order valence-corrected chi connectivity index (χ2v) is 9.98. The van der Waals surface area contributed by atoms with E-state index in [1.807, 2.05) is 4.90 Å². The number of halogens is 2. The van der Waals surface area contributed by atoms with Gasteiger partial charge >= 0.3 is 0 Å². The number of rotatable bonds is 7. The van der Waals surface area contributed by atoms with Crippen LogP contribution >= 0.6 is 11.6 Å². The first kappa shape index (κ1) is 23.4. The first-order valence-electron chi connectivity index (χ1n) is 10.3. The summed E-state index contributed by atoms with van der Waals surface area (Å²) >= 11 is 5.65. The molecule has 10 heteroatoms. The van der Waals surface area contributed by atoms with Gasteiger partial charge in [0.2, 0.25) is 15.9 Å². The minimum absolute atomic E-state index is 0.0133. The van der Waals surface area contributed by atoms with Gasteiger partial charge in [0.15, 0.2) is 0 Å². The van der Waals surface area contributed by atoms with Crippen molar-refractivity contribution in [2.75, 3.05) is 39.8 Å². The number of amides is 1. The summed E-state index contributed by atoms with van der Waals surface area (Å²) in [4.78, 5) is 16.7. The molecule has 1 amide bonds. The topological polar surface area (TPSA) is 79.0 Å². The average Bonchev–Trinajstić information content (AvgIpc) is 2.75. The van der Waals surface area contributed by atoms with E-state index in [9.17, 15) is 17.6 Å². The monoisotopic (exact) mass is 461 g/mol. The standard InChI is InChI=1S/C20H29ClFN3O4S/c1-29-16-7-12-24(13-8-16)15-5-10-25(11-6-15)20(26)4-9-23-30(27,28)17-2-3-19(22)18(21)14-17/h2-3,14-16,23H,4-13H2,1H3. The molecule has 1 aromatic carbocycles. The third kappa shape index (κ3) is 5.91. The predicted molar refractivity (Wildman–Crippen MR) is 112 cm³/mol. The molecule has 0 spiro atoms. The van der Waals surface area contributed by atoms with E-state index in [1.165, 1.54) is 0 Å². The Kier molecular flexibility index (Phi) is 8.09. The second-order valence-electron chi connectivity index (χ2n) is 7.81. The fourth-order valence-electron chi connectivity index (χ4n) is 4.13. The number of carbonyl (C=O) groups is 1. The van der Waals surface area contributed by atoms with Gasteiger partial charge in [-0.3, -0.25) is 4.79 Å². The molecular weight excluding hydrogens is 433 g/mol. The number of methoxy groups -OCH3 is 1. The molecule has 2 saturated heterocycles. The SMILES string of the molecule is COC1CCN(C2CCN(C(=O)CCNS(=O)(=O)c3ccc(F)c(Cl)c3)CC2)CC1. The lowest BCUT2D eigenvalue weighted by Crippen LogP contribution is -2.50. The lowest BCUT2D eigenvalue weighted by molar-refractivity contribution is -0.132. The summed E-state index contributed by atoms with van der Waals surface area (Å²) in [5.74, 6) is -0.747. The number of piperidine rings is 2. The Balaban J connectivity index is 1.41. The van der Waals surface area contributed by atoms with Gasteiger partial charge in [0, 0.05) is 52.3 Å². The van der Waals surface area contributed by atoms with E-state index in [0.717, 1.165) is 57.0 Å². The van der Waals surface area contributed by atoms with Crippen molar-refractivity contribution >= 4 is 27.5 Å². The molecule has 168 valence electrons. The Morgan fingerprint density at radius 2 is 1.87 bits per heavy atom. The Hall–Kier alpha value is -1.26. The highest BCUT2D eigenvalue weighted by molar-refractivity contribution is 7.89. The number of hydrogen-bond acceptors (Lipinski definition) is 5. The van der Waals surface area contributed by atoms with Crippen molar-refractivity contribution in [3.63, 3.8) is 0 Å². The molecule has 0 atom stereocenters. The Morgan fingerprint density at radius 3 is 2.47 bits per heavy atom. The van der Waals surface area contributed by atoms with Gasteiger partial charge < -0.3 is 14.5 Å². The highest BCUT2D eigenvalue weighted by Gasteiger charge is 2.29. The van der Waals surface area contributed by atoms with E-state index in [0.29, 0.717) is 25.2 Å². The van der Waals surface area contributed by atoms with Gasteiger partial charge in [-0.25, -0.2) is 17.5 Å². The lowest BCUT2D eigenvalue weighted by atomic mass is 9.98. The Morgan fingerprint density at radius 1 is 1.20 bits per heavy atom. The van der Waals surface area contributed by atoms with Crippen LogP contribution < -0.4 is 4.72 Å². The molecule has 3 rings (SSSR count). The van der Waals surface area contributed by atoms with Crippen molar-refractivity contribution in [3.05, 3.63) is 29.0 Å². The van der Waals surface area contributed by atoms with Gasteiger partial charge in [-0.1, -0.05) is 11.6 Å². The fourth-order valence-corrected chi connectivity index (χ4v) is 5.44. The van der Waals surface area contributed by atoms with Gasteiger partial charge in [0.05, 0.1) is 16.0 Å². The van der Waals surface area contributed by atoms with Crippen molar-refractivity contribution in [1.29, 1.82) is 0 Å². The van der Waals surface area contributed by atoms with Crippen LogP contribution in [0, 0.1) is 5.82 Å². The molecule has 0 aliphatic carbocycles. The number of hydrogen-bond donors (Lipinski definition) is 1. The molecule has 2 aliphatic rings. The van der Waals surface area contributed by atoms with Gasteiger partial charge in [-0.05, 0) is 43.9 Å². The molecule has 0 unspecified atom stereocenters. The molecule has 1 N–H and O–H groups in total. The molecule has 2 heterocycles. The van der Waals surface area contributed by atoms with E-state index >= 15 is 0 Å². The van der Waals surface area contributed by atoms with Crippen molar-refractivity contribution in [2.45, 2.75) is 49.1 Å². The van der Waals surface area contributed by atoms with Crippen LogP contribution in [0.1, 0.15) is 32.1 Å². The minimum Gasteiger partial charge on any atom is -0.381 e. The molecule has 30 heavy (non-hydrogen) atoms. The third-order valence-electron chi connectivity index (χ3n) is 5.98. The maximum absolute atomic E-state index is 13.2. The van der Waals surface area contributed by atoms with Crippen LogP contribution in [0.3, 0.4) is 0 Å². The zero-order valence-corrected chi connectivity index (χ0v) is 18.7. The highest BCUT2D eigenvalue weighted by atomic mass is 35.5. The summed E-state index contributed by atoms with van der Waals surface area (Å²) in [5.41, 5.74) is 0. The summed E-state index contributed by atoms with van der Waals surface area (Å²) in [6.07, 6.45) is 4.41. The summed E-state index contributed by atoms with van der Waals surface area (Å²) in [5, 5.41) is -0.261. The van der Waals surface area contributed by atoms with E-state index < -0.39 is 15.8 Å². The number of sulfonamides is 1. The lowest BCUT2D eigenvalue weighted by Gasteiger charge is -2.41. The number of likely N-dealkylation sites (tertiary alicyclic amines) is 2. The van der Waals surface area contributed by atoms with Crippen LogP contribution in [-0.2, 0) is 19.6 Å². The molecule has 0 saturated carbocycles.